The minimum absolute atomic E-state index is 0.0474. The van der Waals surface area contributed by atoms with E-state index in [1.165, 1.54) is 25.7 Å². The number of benzene rings is 1. The van der Waals surface area contributed by atoms with Gasteiger partial charge in [0.25, 0.3) is 5.91 Å². The molecule has 1 amide bonds. The largest absolute Gasteiger partial charge is 0.385 e. The van der Waals surface area contributed by atoms with Gasteiger partial charge in [-0.2, -0.15) is 11.8 Å². The summed E-state index contributed by atoms with van der Waals surface area (Å²) in [6.07, 6.45) is 7.03. The average Bonchev–Trinajstić information content (AvgIpc) is 2.96. The maximum Gasteiger partial charge on any atom is 0.253 e. The number of nitrogens with one attached hydrogen (secondary N) is 2. The van der Waals surface area contributed by atoms with Gasteiger partial charge in [0, 0.05) is 28.5 Å². The van der Waals surface area contributed by atoms with Crippen molar-refractivity contribution in [3.63, 3.8) is 0 Å². The lowest BCUT2D eigenvalue weighted by molar-refractivity contribution is 0.0950. The van der Waals surface area contributed by atoms with Crippen molar-refractivity contribution in [1.29, 1.82) is 0 Å². The molecule has 116 valence electrons. The zero-order valence-corrected chi connectivity index (χ0v) is 14.2. The molecule has 0 atom stereocenters. The van der Waals surface area contributed by atoms with Crippen LogP contribution in [-0.2, 0) is 0 Å². The lowest BCUT2D eigenvalue weighted by Gasteiger charge is -2.27. The minimum atomic E-state index is -0.0474. The van der Waals surface area contributed by atoms with Crippen molar-refractivity contribution in [2.45, 2.75) is 37.4 Å². The Morgan fingerprint density at radius 3 is 2.71 bits per heavy atom. The van der Waals surface area contributed by atoms with Gasteiger partial charge < -0.3 is 10.6 Å². The first kappa shape index (κ1) is 16.5. The Hall–Kier alpha value is -0.870. The molecule has 5 heteroatoms. The number of thioether (sulfide) groups is 1. The predicted octanol–water partition coefficient (Wildman–Crippen LogP) is 4.18. The molecule has 0 aliphatic heterocycles. The van der Waals surface area contributed by atoms with E-state index in [9.17, 15) is 4.79 Å². The Morgan fingerprint density at radius 2 is 2.10 bits per heavy atom. The molecule has 1 aromatic carbocycles. The number of rotatable bonds is 6. The molecular weight excluding hydrogens is 304 g/mol. The monoisotopic (exact) mass is 326 g/mol. The SMILES string of the molecule is CCNc1ccc(Cl)cc1C(=O)NCC1(SC)CCCC1. The number of anilines is 1. The van der Waals surface area contributed by atoms with E-state index in [1.54, 1.807) is 12.1 Å². The highest BCUT2D eigenvalue weighted by Crippen LogP contribution is 2.39. The Bertz CT molecular complexity index is 501. The summed E-state index contributed by atoms with van der Waals surface area (Å²) in [6, 6.07) is 5.40. The van der Waals surface area contributed by atoms with Crippen molar-refractivity contribution in [3.05, 3.63) is 28.8 Å². The van der Waals surface area contributed by atoms with Gasteiger partial charge in [-0.1, -0.05) is 24.4 Å². The number of amides is 1. The standard InChI is InChI=1S/C16H23ClN2OS/c1-3-18-14-7-6-12(17)10-13(14)15(20)19-11-16(21-2)8-4-5-9-16/h6-7,10,18H,3-5,8-9,11H2,1-2H3,(H,19,20). The molecule has 0 heterocycles. The van der Waals surface area contributed by atoms with Crippen LogP contribution in [-0.4, -0.2) is 30.0 Å². The number of carbonyl (C=O) groups excluding carboxylic acids is 1. The topological polar surface area (TPSA) is 41.1 Å². The summed E-state index contributed by atoms with van der Waals surface area (Å²) >= 11 is 7.91. The van der Waals surface area contributed by atoms with Crippen molar-refractivity contribution in [2.24, 2.45) is 0 Å². The summed E-state index contributed by atoms with van der Waals surface area (Å²) in [5.41, 5.74) is 1.46. The predicted molar refractivity (Wildman–Crippen MR) is 92.7 cm³/mol. The normalized spacial score (nSPS) is 16.7. The Kier molecular flexibility index (Phi) is 5.82. The molecule has 0 unspecified atom stereocenters. The summed E-state index contributed by atoms with van der Waals surface area (Å²) in [5, 5.41) is 6.90. The maximum atomic E-state index is 12.5. The van der Waals surface area contributed by atoms with E-state index >= 15 is 0 Å². The van der Waals surface area contributed by atoms with Crippen molar-refractivity contribution >= 4 is 35.0 Å². The molecule has 1 aromatic rings. The first-order valence-corrected chi connectivity index (χ1v) is 9.07. The molecule has 0 radical (unpaired) electrons. The van der Waals surface area contributed by atoms with E-state index in [-0.39, 0.29) is 10.7 Å². The molecule has 2 N–H and O–H groups in total. The summed E-state index contributed by atoms with van der Waals surface area (Å²) in [5.74, 6) is -0.0474. The van der Waals surface area contributed by atoms with Gasteiger partial charge in [-0.05, 0) is 44.2 Å². The lowest BCUT2D eigenvalue weighted by atomic mass is 10.1. The molecule has 0 spiro atoms. The Morgan fingerprint density at radius 1 is 1.38 bits per heavy atom. The first-order chi connectivity index (χ1) is 10.1. The minimum Gasteiger partial charge on any atom is -0.385 e. The van der Waals surface area contributed by atoms with Gasteiger partial charge in [-0.3, -0.25) is 4.79 Å². The van der Waals surface area contributed by atoms with Gasteiger partial charge in [0.1, 0.15) is 0 Å². The molecule has 2 rings (SSSR count). The van der Waals surface area contributed by atoms with Crippen LogP contribution in [0, 0.1) is 0 Å². The number of carbonyl (C=O) groups is 1. The molecule has 0 aromatic heterocycles. The molecule has 21 heavy (non-hydrogen) atoms. The van der Waals surface area contributed by atoms with Gasteiger partial charge in [0.2, 0.25) is 0 Å². The first-order valence-electron chi connectivity index (χ1n) is 7.47. The molecular formula is C16H23ClN2OS. The van der Waals surface area contributed by atoms with Crippen LogP contribution in [0.4, 0.5) is 5.69 Å². The summed E-state index contributed by atoms with van der Waals surface area (Å²) in [7, 11) is 0. The highest BCUT2D eigenvalue weighted by Gasteiger charge is 2.33. The molecule has 1 saturated carbocycles. The fourth-order valence-corrected chi connectivity index (χ4v) is 3.94. The van der Waals surface area contributed by atoms with Crippen molar-refractivity contribution in [3.8, 4) is 0 Å². The number of hydrogen-bond acceptors (Lipinski definition) is 3. The Balaban J connectivity index is 2.07. The maximum absolute atomic E-state index is 12.5. The lowest BCUT2D eigenvalue weighted by Crippen LogP contribution is -2.38. The molecule has 1 aliphatic carbocycles. The summed E-state index contributed by atoms with van der Waals surface area (Å²) in [6.45, 7) is 3.51. The van der Waals surface area contributed by atoms with Crippen LogP contribution in [0.2, 0.25) is 5.02 Å². The van der Waals surface area contributed by atoms with Crippen LogP contribution in [0.15, 0.2) is 18.2 Å². The fraction of sp³-hybridized carbons (Fsp3) is 0.562. The summed E-state index contributed by atoms with van der Waals surface area (Å²) in [4.78, 5) is 12.5. The third-order valence-electron chi connectivity index (χ3n) is 4.11. The van der Waals surface area contributed by atoms with Gasteiger partial charge in [-0.15, -0.1) is 0 Å². The van der Waals surface area contributed by atoms with Crippen LogP contribution in [0.25, 0.3) is 0 Å². The zero-order chi connectivity index (χ0) is 15.3. The smallest absolute Gasteiger partial charge is 0.253 e. The van der Waals surface area contributed by atoms with Gasteiger partial charge >= 0.3 is 0 Å². The zero-order valence-electron chi connectivity index (χ0n) is 12.7. The van der Waals surface area contributed by atoms with E-state index in [0.29, 0.717) is 10.6 Å². The second-order valence-corrected chi connectivity index (χ2v) is 7.21. The number of halogens is 1. The van der Waals surface area contributed by atoms with E-state index in [0.717, 1.165) is 18.8 Å². The molecule has 0 bridgehead atoms. The molecule has 1 fully saturated rings. The highest BCUT2D eigenvalue weighted by atomic mass is 35.5. The fourth-order valence-electron chi connectivity index (χ4n) is 2.86. The van der Waals surface area contributed by atoms with E-state index < -0.39 is 0 Å². The third kappa shape index (κ3) is 4.07. The van der Waals surface area contributed by atoms with Crippen LogP contribution >= 0.6 is 23.4 Å². The van der Waals surface area contributed by atoms with Crippen LogP contribution < -0.4 is 10.6 Å². The van der Waals surface area contributed by atoms with Gasteiger partial charge in [-0.25, -0.2) is 0 Å². The average molecular weight is 327 g/mol. The highest BCUT2D eigenvalue weighted by molar-refractivity contribution is 8.00. The van der Waals surface area contributed by atoms with E-state index in [4.69, 9.17) is 11.6 Å². The van der Waals surface area contributed by atoms with Crippen molar-refractivity contribution in [1.82, 2.24) is 5.32 Å². The van der Waals surface area contributed by atoms with Crippen LogP contribution in [0.5, 0.6) is 0 Å². The molecule has 0 saturated heterocycles. The van der Waals surface area contributed by atoms with Crippen molar-refractivity contribution < 1.29 is 4.79 Å². The molecule has 1 aliphatic rings. The third-order valence-corrected chi connectivity index (χ3v) is 5.77. The van der Waals surface area contributed by atoms with Gasteiger partial charge in [0.15, 0.2) is 0 Å². The quantitative estimate of drug-likeness (QED) is 0.824. The number of hydrogen-bond donors (Lipinski definition) is 2. The van der Waals surface area contributed by atoms with E-state index in [1.807, 2.05) is 24.8 Å². The summed E-state index contributed by atoms with van der Waals surface area (Å²) < 4.78 is 0.215. The van der Waals surface area contributed by atoms with Crippen LogP contribution in [0.3, 0.4) is 0 Å². The molecule has 3 nitrogen and oxygen atoms in total. The van der Waals surface area contributed by atoms with Crippen molar-refractivity contribution in [2.75, 3.05) is 24.7 Å². The van der Waals surface area contributed by atoms with Gasteiger partial charge in [0.05, 0.1) is 5.56 Å². The Labute approximate surface area is 136 Å². The van der Waals surface area contributed by atoms with Crippen LogP contribution in [0.1, 0.15) is 43.0 Å². The van der Waals surface area contributed by atoms with E-state index in [2.05, 4.69) is 16.9 Å². The second-order valence-electron chi connectivity index (χ2n) is 5.50. The second kappa shape index (κ2) is 7.41.